The minimum atomic E-state index is -0.516. The maximum Gasteiger partial charge on any atom is 0.282 e. The van der Waals surface area contributed by atoms with Crippen LogP contribution in [0, 0.1) is 0 Å². The van der Waals surface area contributed by atoms with Gasteiger partial charge in [0, 0.05) is 14.5 Å². The van der Waals surface area contributed by atoms with Gasteiger partial charge in [-0.15, -0.1) is 0 Å². The number of halogens is 2. The van der Waals surface area contributed by atoms with Gasteiger partial charge in [-0.3, -0.25) is 15.0 Å². The van der Waals surface area contributed by atoms with Gasteiger partial charge in [0.1, 0.15) is 11.3 Å². The maximum absolute atomic E-state index is 12.5. The van der Waals surface area contributed by atoms with E-state index in [1.807, 2.05) is 0 Å². The van der Waals surface area contributed by atoms with Crippen molar-refractivity contribution < 1.29 is 14.7 Å². The van der Waals surface area contributed by atoms with E-state index in [4.69, 9.17) is 0 Å². The second-order valence-corrected chi connectivity index (χ2v) is 6.65. The van der Waals surface area contributed by atoms with E-state index in [1.165, 1.54) is 17.2 Å². The monoisotopic (exact) mass is 436 g/mol. The number of nitrogens with zero attached hydrogens (tertiary/aromatic N) is 1. The molecular weight excluding hydrogens is 428 g/mol. The normalized spacial score (nSPS) is 16.1. The van der Waals surface area contributed by atoms with E-state index >= 15 is 0 Å². The molecule has 1 saturated heterocycles. The summed E-state index contributed by atoms with van der Waals surface area (Å²) < 4.78 is 1.60. The van der Waals surface area contributed by atoms with E-state index in [2.05, 4.69) is 37.3 Å². The van der Waals surface area contributed by atoms with E-state index in [1.54, 1.807) is 36.4 Å². The van der Waals surface area contributed by atoms with Crippen molar-refractivity contribution in [1.82, 2.24) is 5.43 Å². The highest BCUT2D eigenvalue weighted by Crippen LogP contribution is 2.27. The lowest BCUT2D eigenvalue weighted by Gasteiger charge is -2.14. The Bertz CT molecular complexity index is 832. The molecule has 0 atom stereocenters. The summed E-state index contributed by atoms with van der Waals surface area (Å²) in [6, 6.07) is 11.8. The van der Waals surface area contributed by atoms with Crippen LogP contribution in [-0.4, -0.2) is 16.9 Å². The lowest BCUT2D eigenvalue weighted by Crippen LogP contribution is -2.35. The maximum atomic E-state index is 12.5. The average molecular weight is 438 g/mol. The van der Waals surface area contributed by atoms with Gasteiger partial charge in [0.15, 0.2) is 0 Å². The third kappa shape index (κ3) is 3.16. The lowest BCUT2D eigenvalue weighted by atomic mass is 10.1. The zero-order valence-electron chi connectivity index (χ0n) is 11.6. The van der Waals surface area contributed by atoms with Crippen LogP contribution in [0.5, 0.6) is 5.75 Å². The van der Waals surface area contributed by atoms with Crippen molar-refractivity contribution in [3.05, 3.63) is 62.5 Å². The molecule has 0 aliphatic carbocycles. The first-order valence-electron chi connectivity index (χ1n) is 6.57. The number of phenolic OH excluding ortho intramolecular Hbond substituents is 1. The molecule has 0 radical (unpaired) electrons. The lowest BCUT2D eigenvalue weighted by molar-refractivity contribution is -0.117. The molecule has 23 heavy (non-hydrogen) atoms. The number of anilines is 1. The zero-order valence-corrected chi connectivity index (χ0v) is 14.8. The molecule has 3 rings (SSSR count). The highest BCUT2D eigenvalue weighted by molar-refractivity contribution is 9.10. The molecule has 2 aromatic carbocycles. The third-order valence-corrected chi connectivity index (χ3v) is 4.29. The van der Waals surface area contributed by atoms with Crippen LogP contribution in [0.2, 0.25) is 0 Å². The van der Waals surface area contributed by atoms with Crippen molar-refractivity contribution in [3.8, 4) is 5.75 Å². The van der Waals surface area contributed by atoms with Crippen LogP contribution in [-0.2, 0) is 9.59 Å². The molecular formula is C16H10Br2N2O3. The number of nitrogens with one attached hydrogen (secondary N) is 1. The van der Waals surface area contributed by atoms with Crippen LogP contribution in [0.4, 0.5) is 5.69 Å². The van der Waals surface area contributed by atoms with Gasteiger partial charge in [-0.1, -0.05) is 31.9 Å². The van der Waals surface area contributed by atoms with Crippen LogP contribution < -0.4 is 10.4 Å². The van der Waals surface area contributed by atoms with Crippen molar-refractivity contribution in [3.63, 3.8) is 0 Å². The van der Waals surface area contributed by atoms with Crippen molar-refractivity contribution >= 4 is 55.4 Å². The van der Waals surface area contributed by atoms with Crippen molar-refractivity contribution in [2.45, 2.75) is 0 Å². The summed E-state index contributed by atoms with van der Waals surface area (Å²) in [6.07, 6.45) is 1.37. The first-order chi connectivity index (χ1) is 11.0. The number of carbonyl (C=O) groups excluding carboxylic acids is 2. The predicted octanol–water partition coefficient (Wildman–Crippen LogP) is 3.38. The fourth-order valence-corrected chi connectivity index (χ4v) is 2.77. The molecule has 7 heteroatoms. The van der Waals surface area contributed by atoms with Gasteiger partial charge in [-0.05, 0) is 48.5 Å². The van der Waals surface area contributed by atoms with Crippen LogP contribution in [0.25, 0.3) is 6.08 Å². The molecule has 5 nitrogen and oxygen atoms in total. The molecule has 2 N–H and O–H groups in total. The number of rotatable bonds is 2. The van der Waals surface area contributed by atoms with E-state index in [9.17, 15) is 14.7 Å². The number of phenols is 1. The van der Waals surface area contributed by atoms with E-state index < -0.39 is 11.8 Å². The third-order valence-electron chi connectivity index (χ3n) is 3.27. The molecule has 1 fully saturated rings. The summed E-state index contributed by atoms with van der Waals surface area (Å²) in [6.45, 7) is 0. The van der Waals surface area contributed by atoms with Gasteiger partial charge in [0.2, 0.25) is 0 Å². The van der Waals surface area contributed by atoms with E-state index in [0.29, 0.717) is 11.3 Å². The summed E-state index contributed by atoms with van der Waals surface area (Å²) in [4.78, 5) is 24.6. The quantitative estimate of drug-likeness (QED) is 0.559. The Morgan fingerprint density at radius 2 is 1.65 bits per heavy atom. The Hall–Kier alpha value is -2.12. The number of amides is 2. The Morgan fingerprint density at radius 3 is 2.35 bits per heavy atom. The zero-order chi connectivity index (χ0) is 16.6. The molecule has 2 aromatic rings. The second kappa shape index (κ2) is 6.17. The standard InChI is InChI=1S/C16H10Br2N2O3/c17-10-1-4-12(5-2-10)20-16(23)13(15(22)19-20)8-9-7-11(18)3-6-14(9)21/h1-8,21H,(H,19,22)/b13-8-. The smallest absolute Gasteiger partial charge is 0.282 e. The van der Waals surface area contributed by atoms with Gasteiger partial charge in [0.05, 0.1) is 5.69 Å². The summed E-state index contributed by atoms with van der Waals surface area (Å²) in [5.41, 5.74) is 3.41. The molecule has 1 heterocycles. The topological polar surface area (TPSA) is 69.6 Å². The van der Waals surface area contributed by atoms with Gasteiger partial charge >= 0.3 is 0 Å². The number of aromatic hydroxyl groups is 1. The molecule has 0 unspecified atom stereocenters. The molecule has 0 saturated carbocycles. The van der Waals surface area contributed by atoms with Gasteiger partial charge in [0.25, 0.3) is 11.8 Å². The summed E-state index contributed by atoms with van der Waals surface area (Å²) in [5.74, 6) is -1.00. The van der Waals surface area contributed by atoms with Crippen molar-refractivity contribution in [2.24, 2.45) is 0 Å². The largest absolute Gasteiger partial charge is 0.507 e. The number of hydrazine groups is 1. The number of hydrogen-bond acceptors (Lipinski definition) is 3. The SMILES string of the molecule is O=C1NN(c2ccc(Br)cc2)C(=O)/C1=C\c1cc(Br)ccc1O. The molecule has 1 aliphatic heterocycles. The minimum Gasteiger partial charge on any atom is -0.507 e. The molecule has 1 aliphatic rings. The molecule has 2 amide bonds. The summed E-state index contributed by atoms with van der Waals surface area (Å²) in [5, 5.41) is 11.0. The number of hydrogen-bond donors (Lipinski definition) is 2. The van der Waals surface area contributed by atoms with Gasteiger partial charge in [-0.2, -0.15) is 0 Å². The average Bonchev–Trinajstić information content (AvgIpc) is 2.80. The number of carbonyl (C=O) groups is 2. The Kier molecular flexibility index (Phi) is 4.23. The second-order valence-electron chi connectivity index (χ2n) is 4.82. The first kappa shape index (κ1) is 15.8. The first-order valence-corrected chi connectivity index (χ1v) is 8.15. The Morgan fingerprint density at radius 1 is 1.00 bits per heavy atom. The Balaban J connectivity index is 1.97. The highest BCUT2D eigenvalue weighted by Gasteiger charge is 2.34. The van der Waals surface area contributed by atoms with Gasteiger partial charge < -0.3 is 5.11 Å². The van der Waals surface area contributed by atoms with Crippen LogP contribution >= 0.6 is 31.9 Å². The molecule has 0 aromatic heterocycles. The summed E-state index contributed by atoms with van der Waals surface area (Å²) >= 11 is 6.61. The predicted molar refractivity (Wildman–Crippen MR) is 93.6 cm³/mol. The minimum absolute atomic E-state index is 0.0107. The molecule has 0 bridgehead atoms. The Labute approximate surface area is 148 Å². The van der Waals surface area contributed by atoms with E-state index in [-0.39, 0.29) is 11.3 Å². The van der Waals surface area contributed by atoms with Crippen LogP contribution in [0.15, 0.2) is 57.0 Å². The van der Waals surface area contributed by atoms with Crippen LogP contribution in [0.3, 0.4) is 0 Å². The van der Waals surface area contributed by atoms with Crippen molar-refractivity contribution in [1.29, 1.82) is 0 Å². The number of benzene rings is 2. The van der Waals surface area contributed by atoms with Crippen LogP contribution in [0.1, 0.15) is 5.56 Å². The van der Waals surface area contributed by atoms with E-state index in [0.717, 1.165) is 8.95 Å². The fraction of sp³-hybridized carbons (Fsp3) is 0. The fourth-order valence-electron chi connectivity index (χ4n) is 2.13. The summed E-state index contributed by atoms with van der Waals surface area (Å²) in [7, 11) is 0. The van der Waals surface area contributed by atoms with Gasteiger partial charge in [-0.25, -0.2) is 5.01 Å². The van der Waals surface area contributed by atoms with Crippen molar-refractivity contribution in [2.75, 3.05) is 5.01 Å². The molecule has 0 spiro atoms. The molecule has 116 valence electrons. The highest BCUT2D eigenvalue weighted by atomic mass is 79.9.